The monoisotopic (exact) mass is 300 g/mol. The molecule has 0 spiro atoms. The molecule has 0 radical (unpaired) electrons. The molecule has 0 saturated carbocycles. The Morgan fingerprint density at radius 1 is 1.37 bits per heavy atom. The molecule has 1 amide bonds. The minimum atomic E-state index is -2.46. The molecule has 0 unspecified atom stereocenters. The van der Waals surface area contributed by atoms with Crippen LogP contribution in [0, 0.1) is 0 Å². The molecule has 2 rings (SSSR count). The lowest BCUT2D eigenvalue weighted by molar-refractivity contribution is 0.0998. The van der Waals surface area contributed by atoms with E-state index in [2.05, 4.69) is 4.99 Å². The zero-order chi connectivity index (χ0) is 13.8. The number of carbonyl (C=O) groups is 1. The first kappa shape index (κ1) is 14.0. The minimum Gasteiger partial charge on any atom is -0.327 e. The maximum Gasteiger partial charge on any atom is 0.288 e. The summed E-state index contributed by atoms with van der Waals surface area (Å²) in [5, 5.41) is 1.83. The van der Waals surface area contributed by atoms with Gasteiger partial charge >= 0.3 is 0 Å². The van der Waals surface area contributed by atoms with Crippen molar-refractivity contribution in [3.05, 3.63) is 46.2 Å². The van der Waals surface area contributed by atoms with Gasteiger partial charge in [-0.05, 0) is 24.3 Å². The average molecular weight is 300 g/mol. The van der Waals surface area contributed by atoms with E-state index >= 15 is 0 Å². The Kier molecular flexibility index (Phi) is 4.49. The Morgan fingerprint density at radius 3 is 2.58 bits per heavy atom. The van der Waals surface area contributed by atoms with Gasteiger partial charge in [0.05, 0.1) is 0 Å². The zero-order valence-corrected chi connectivity index (χ0v) is 11.5. The molecule has 1 aromatic heterocycles. The number of aryl methyl sites for hydroxylation is 1. The molecule has 1 aromatic carbocycles. The number of aromatic nitrogens is 1. The maximum absolute atomic E-state index is 12.2. The summed E-state index contributed by atoms with van der Waals surface area (Å²) >= 11 is 1.81. The van der Waals surface area contributed by atoms with Gasteiger partial charge in [0, 0.05) is 29.1 Å². The van der Waals surface area contributed by atoms with Gasteiger partial charge in [0.15, 0.2) is 4.80 Å². The van der Waals surface area contributed by atoms with Gasteiger partial charge in [-0.25, -0.2) is 0 Å². The minimum absolute atomic E-state index is 0.381. The summed E-state index contributed by atoms with van der Waals surface area (Å²) in [6, 6.07) is 6.00. The Labute approximate surface area is 116 Å². The molecule has 3 nitrogen and oxygen atoms in total. The van der Waals surface area contributed by atoms with E-state index in [1.807, 2.05) is 5.38 Å². The van der Waals surface area contributed by atoms with Gasteiger partial charge in [-0.2, -0.15) is 13.8 Å². The van der Waals surface area contributed by atoms with Crippen LogP contribution in [-0.2, 0) is 7.05 Å². The summed E-state index contributed by atoms with van der Waals surface area (Å²) < 4.78 is 26.0. The number of nitrogens with zero attached hydrogens (tertiary/aromatic N) is 2. The summed E-state index contributed by atoms with van der Waals surface area (Å²) in [6.45, 7) is 0. The summed E-state index contributed by atoms with van der Waals surface area (Å²) in [4.78, 5) is 16.9. The highest BCUT2D eigenvalue weighted by molar-refractivity contribution is 7.99. The van der Waals surface area contributed by atoms with Crippen molar-refractivity contribution in [1.82, 2.24) is 4.57 Å². The lowest BCUT2D eigenvalue weighted by Crippen LogP contribution is -2.12. The van der Waals surface area contributed by atoms with Crippen molar-refractivity contribution < 1.29 is 13.6 Å². The Bertz CT molecular complexity index is 632. The lowest BCUT2D eigenvalue weighted by atomic mass is 10.2. The normalized spacial score (nSPS) is 12.1. The van der Waals surface area contributed by atoms with Crippen LogP contribution in [-0.4, -0.2) is 16.2 Å². The number of thioether (sulfide) groups is 1. The Morgan fingerprint density at radius 2 is 2.05 bits per heavy atom. The maximum atomic E-state index is 12.2. The van der Waals surface area contributed by atoms with Crippen LogP contribution in [0.5, 0.6) is 0 Å². The quantitative estimate of drug-likeness (QED) is 0.816. The van der Waals surface area contributed by atoms with Gasteiger partial charge in [-0.15, -0.1) is 11.3 Å². The third kappa shape index (κ3) is 3.74. The highest BCUT2D eigenvalue weighted by Crippen LogP contribution is 2.25. The van der Waals surface area contributed by atoms with Gasteiger partial charge in [-0.3, -0.25) is 4.79 Å². The second-order valence-electron chi connectivity index (χ2n) is 3.62. The van der Waals surface area contributed by atoms with Crippen LogP contribution < -0.4 is 4.80 Å². The van der Waals surface area contributed by atoms with Crippen LogP contribution in [0.3, 0.4) is 0 Å². The van der Waals surface area contributed by atoms with E-state index in [9.17, 15) is 13.6 Å². The number of carbonyl (C=O) groups excluding carboxylic acids is 1. The first-order chi connectivity index (χ1) is 9.06. The number of benzene rings is 1. The van der Waals surface area contributed by atoms with Crippen LogP contribution in [0.15, 0.2) is 45.7 Å². The van der Waals surface area contributed by atoms with Gasteiger partial charge in [-0.1, -0.05) is 11.8 Å². The highest BCUT2D eigenvalue weighted by Gasteiger charge is 2.08. The molecule has 100 valence electrons. The second kappa shape index (κ2) is 6.12. The SMILES string of the molecule is Cn1ccsc1=NC(=O)c1ccc(SC(F)F)cc1. The number of halogens is 2. The third-order valence-corrected chi connectivity index (χ3v) is 3.85. The molecule has 1 heterocycles. The van der Waals surface area contributed by atoms with Crippen molar-refractivity contribution in [3.8, 4) is 0 Å². The van der Waals surface area contributed by atoms with E-state index in [-0.39, 0.29) is 5.91 Å². The van der Waals surface area contributed by atoms with Gasteiger partial charge in [0.25, 0.3) is 11.7 Å². The predicted octanol–water partition coefficient (Wildman–Crippen LogP) is 3.14. The van der Waals surface area contributed by atoms with Crippen LogP contribution in [0.25, 0.3) is 0 Å². The van der Waals surface area contributed by atoms with Crippen molar-refractivity contribution in [2.24, 2.45) is 12.0 Å². The number of alkyl halides is 2. The van der Waals surface area contributed by atoms with E-state index < -0.39 is 5.76 Å². The van der Waals surface area contributed by atoms with Crippen LogP contribution in [0.1, 0.15) is 10.4 Å². The number of rotatable bonds is 3. The highest BCUT2D eigenvalue weighted by atomic mass is 32.2. The lowest BCUT2D eigenvalue weighted by Gasteiger charge is -2.00. The van der Waals surface area contributed by atoms with Crippen molar-refractivity contribution in [2.75, 3.05) is 0 Å². The zero-order valence-electron chi connectivity index (χ0n) is 9.92. The molecule has 0 N–H and O–H groups in total. The van der Waals surface area contributed by atoms with Gasteiger partial charge < -0.3 is 4.57 Å². The third-order valence-electron chi connectivity index (χ3n) is 2.28. The summed E-state index contributed by atoms with van der Waals surface area (Å²) in [5.41, 5.74) is 0.381. The first-order valence-electron chi connectivity index (χ1n) is 5.30. The summed E-state index contributed by atoms with van der Waals surface area (Å²) in [5.74, 6) is -2.84. The molecule has 0 bridgehead atoms. The smallest absolute Gasteiger partial charge is 0.288 e. The molecule has 0 aliphatic carbocycles. The molecule has 7 heteroatoms. The van der Waals surface area contributed by atoms with Crippen molar-refractivity contribution in [2.45, 2.75) is 10.7 Å². The Balaban J connectivity index is 2.19. The molecule has 0 aliphatic rings. The number of amides is 1. The molecular formula is C12H10F2N2OS2. The van der Waals surface area contributed by atoms with Crippen LogP contribution in [0.2, 0.25) is 0 Å². The first-order valence-corrected chi connectivity index (χ1v) is 7.06. The number of thiazole rings is 1. The van der Waals surface area contributed by atoms with Crippen molar-refractivity contribution in [1.29, 1.82) is 0 Å². The number of hydrogen-bond acceptors (Lipinski definition) is 3. The summed E-state index contributed by atoms with van der Waals surface area (Å²) in [6.07, 6.45) is 1.80. The van der Waals surface area contributed by atoms with E-state index in [1.54, 1.807) is 17.8 Å². The molecule has 19 heavy (non-hydrogen) atoms. The van der Waals surface area contributed by atoms with Gasteiger partial charge in [0.2, 0.25) is 0 Å². The largest absolute Gasteiger partial charge is 0.327 e. The predicted molar refractivity (Wildman–Crippen MR) is 71.5 cm³/mol. The molecule has 0 atom stereocenters. The van der Waals surface area contributed by atoms with E-state index in [4.69, 9.17) is 0 Å². The fraction of sp³-hybridized carbons (Fsp3) is 0.167. The molecule has 0 aliphatic heterocycles. The Hall–Kier alpha value is -1.47. The van der Waals surface area contributed by atoms with Crippen LogP contribution in [0.4, 0.5) is 8.78 Å². The van der Waals surface area contributed by atoms with Crippen LogP contribution >= 0.6 is 23.1 Å². The van der Waals surface area contributed by atoms with Gasteiger partial charge in [0.1, 0.15) is 0 Å². The molecular weight excluding hydrogens is 290 g/mol. The fourth-order valence-corrected chi connectivity index (χ4v) is 2.59. The summed E-state index contributed by atoms with van der Waals surface area (Å²) in [7, 11) is 1.80. The van der Waals surface area contributed by atoms with E-state index in [0.717, 1.165) is 0 Å². The number of hydrogen-bond donors (Lipinski definition) is 0. The molecule has 0 saturated heterocycles. The topological polar surface area (TPSA) is 34.4 Å². The van der Waals surface area contributed by atoms with E-state index in [1.165, 1.54) is 35.6 Å². The molecule has 2 aromatic rings. The second-order valence-corrected chi connectivity index (χ2v) is 5.55. The van der Waals surface area contributed by atoms with E-state index in [0.29, 0.717) is 27.0 Å². The standard InChI is InChI=1S/C12H10F2N2OS2/c1-16-6-7-18-12(16)15-10(17)8-2-4-9(5-3-8)19-11(13)14/h2-7,11H,1H3. The fourth-order valence-electron chi connectivity index (χ4n) is 1.37. The van der Waals surface area contributed by atoms with Crippen molar-refractivity contribution in [3.63, 3.8) is 0 Å². The van der Waals surface area contributed by atoms with Crippen molar-refractivity contribution >= 4 is 29.0 Å². The average Bonchev–Trinajstić information content (AvgIpc) is 2.75. The molecule has 0 fully saturated rings.